The first-order valence-electron chi connectivity index (χ1n) is 6.90. The number of nitrogens with two attached hydrogens (primary N) is 1. The first-order valence-corrected chi connectivity index (χ1v) is 7.78. The van der Waals surface area contributed by atoms with Gasteiger partial charge in [-0.15, -0.1) is 11.3 Å². The lowest BCUT2D eigenvalue weighted by molar-refractivity contribution is -0.123. The fourth-order valence-corrected chi connectivity index (χ4v) is 2.32. The Bertz CT molecular complexity index is 581. The van der Waals surface area contributed by atoms with E-state index >= 15 is 0 Å². The largest absolute Gasteiger partial charge is 0.484 e. The van der Waals surface area contributed by atoms with Crippen LogP contribution in [0.15, 0.2) is 29.6 Å². The molecule has 112 valence electrons. The van der Waals surface area contributed by atoms with E-state index in [-0.39, 0.29) is 12.5 Å². The zero-order chi connectivity index (χ0) is 15.1. The van der Waals surface area contributed by atoms with Crippen LogP contribution in [0.5, 0.6) is 5.75 Å². The first-order chi connectivity index (χ1) is 10.2. The molecule has 0 bridgehead atoms. The number of benzene rings is 1. The number of nitrogens with zero attached hydrogens (tertiary/aromatic N) is 1. The van der Waals surface area contributed by atoms with Gasteiger partial charge in [0, 0.05) is 17.5 Å². The van der Waals surface area contributed by atoms with Crippen molar-refractivity contribution in [1.29, 1.82) is 0 Å². The summed E-state index contributed by atoms with van der Waals surface area (Å²) in [5.41, 5.74) is 7.44. The van der Waals surface area contributed by atoms with Gasteiger partial charge in [-0.05, 0) is 30.7 Å². The van der Waals surface area contributed by atoms with Crippen LogP contribution in [0.3, 0.4) is 0 Å². The van der Waals surface area contributed by atoms with Crippen LogP contribution < -0.4 is 15.8 Å². The highest BCUT2D eigenvalue weighted by molar-refractivity contribution is 7.13. The van der Waals surface area contributed by atoms with E-state index in [1.165, 1.54) is 11.3 Å². The van der Waals surface area contributed by atoms with Gasteiger partial charge in [0.25, 0.3) is 5.91 Å². The number of carbonyl (C=O) groups excluding carboxylic acids is 1. The minimum atomic E-state index is -0.0974. The number of ether oxygens (including phenoxy) is 1. The van der Waals surface area contributed by atoms with E-state index in [1.807, 2.05) is 29.6 Å². The standard InChI is InChI=1S/C15H19N3O2S/c1-2-3-8-17-14(19)9-20-12-6-4-11(5-7-12)13-10-21-15(16)18-13/h4-7,10H,2-3,8-9H2,1H3,(H2,16,18)(H,17,19). The van der Waals surface area contributed by atoms with E-state index in [1.54, 1.807) is 0 Å². The fourth-order valence-electron chi connectivity index (χ4n) is 1.75. The Morgan fingerprint density at radius 2 is 2.14 bits per heavy atom. The van der Waals surface area contributed by atoms with Crippen molar-refractivity contribution in [2.75, 3.05) is 18.9 Å². The lowest BCUT2D eigenvalue weighted by Crippen LogP contribution is -2.29. The van der Waals surface area contributed by atoms with Crippen molar-refractivity contribution in [3.8, 4) is 17.0 Å². The number of unbranched alkanes of at least 4 members (excludes halogenated alkanes) is 1. The van der Waals surface area contributed by atoms with E-state index < -0.39 is 0 Å². The summed E-state index contributed by atoms with van der Waals surface area (Å²) in [5.74, 6) is 0.562. The number of thiazole rings is 1. The van der Waals surface area contributed by atoms with E-state index in [9.17, 15) is 4.79 Å². The number of aromatic nitrogens is 1. The second-order valence-electron chi connectivity index (χ2n) is 4.59. The summed E-state index contributed by atoms with van der Waals surface area (Å²) >= 11 is 1.41. The Labute approximate surface area is 128 Å². The van der Waals surface area contributed by atoms with Gasteiger partial charge >= 0.3 is 0 Å². The number of hydrogen-bond acceptors (Lipinski definition) is 5. The molecule has 0 fully saturated rings. The maximum atomic E-state index is 11.5. The highest BCUT2D eigenvalue weighted by atomic mass is 32.1. The third-order valence-electron chi connectivity index (χ3n) is 2.89. The molecule has 2 rings (SSSR count). The summed E-state index contributed by atoms with van der Waals surface area (Å²) in [4.78, 5) is 15.7. The highest BCUT2D eigenvalue weighted by Crippen LogP contribution is 2.24. The predicted molar refractivity (Wildman–Crippen MR) is 85.4 cm³/mol. The molecule has 0 saturated heterocycles. The SMILES string of the molecule is CCCCNC(=O)COc1ccc(-c2csc(N)n2)cc1. The quantitative estimate of drug-likeness (QED) is 0.771. The molecule has 0 atom stereocenters. The van der Waals surface area contributed by atoms with Gasteiger partial charge in [-0.2, -0.15) is 0 Å². The molecular formula is C15H19N3O2S. The van der Waals surface area contributed by atoms with Crippen LogP contribution in [-0.2, 0) is 4.79 Å². The van der Waals surface area contributed by atoms with Gasteiger partial charge in [0.15, 0.2) is 11.7 Å². The van der Waals surface area contributed by atoms with Crippen molar-refractivity contribution >= 4 is 22.4 Å². The van der Waals surface area contributed by atoms with E-state index in [4.69, 9.17) is 10.5 Å². The molecule has 1 aromatic carbocycles. The Hall–Kier alpha value is -2.08. The minimum absolute atomic E-state index is 0.0344. The third-order valence-corrected chi connectivity index (χ3v) is 3.57. The van der Waals surface area contributed by atoms with Gasteiger partial charge in [-0.25, -0.2) is 4.98 Å². The molecule has 21 heavy (non-hydrogen) atoms. The monoisotopic (exact) mass is 305 g/mol. The normalized spacial score (nSPS) is 10.3. The number of carbonyl (C=O) groups is 1. The fraction of sp³-hybridized carbons (Fsp3) is 0.333. The van der Waals surface area contributed by atoms with Crippen LogP contribution in [-0.4, -0.2) is 24.0 Å². The van der Waals surface area contributed by atoms with Crippen molar-refractivity contribution in [3.05, 3.63) is 29.6 Å². The smallest absolute Gasteiger partial charge is 0.257 e. The van der Waals surface area contributed by atoms with Crippen LogP contribution >= 0.6 is 11.3 Å². The molecule has 0 aliphatic heterocycles. The second kappa shape index (κ2) is 7.64. The lowest BCUT2D eigenvalue weighted by atomic mass is 10.2. The summed E-state index contributed by atoms with van der Waals surface area (Å²) in [7, 11) is 0. The van der Waals surface area contributed by atoms with Crippen molar-refractivity contribution in [3.63, 3.8) is 0 Å². The Balaban J connectivity index is 1.84. The molecule has 0 aliphatic rings. The molecule has 1 amide bonds. The van der Waals surface area contributed by atoms with Crippen molar-refractivity contribution in [2.45, 2.75) is 19.8 Å². The van der Waals surface area contributed by atoms with Gasteiger partial charge < -0.3 is 15.8 Å². The summed E-state index contributed by atoms with van der Waals surface area (Å²) < 4.78 is 5.44. The van der Waals surface area contributed by atoms with Crippen LogP contribution in [0.4, 0.5) is 5.13 Å². The van der Waals surface area contributed by atoms with Gasteiger partial charge in [0.1, 0.15) is 5.75 Å². The Kier molecular flexibility index (Phi) is 5.57. The summed E-state index contributed by atoms with van der Waals surface area (Å²) in [5, 5.41) is 5.27. The molecule has 2 aromatic rings. The number of nitrogen functional groups attached to an aromatic ring is 1. The van der Waals surface area contributed by atoms with Crippen molar-refractivity contribution in [2.24, 2.45) is 0 Å². The highest BCUT2D eigenvalue weighted by Gasteiger charge is 2.04. The molecule has 1 aromatic heterocycles. The van der Waals surface area contributed by atoms with Gasteiger partial charge in [-0.3, -0.25) is 4.79 Å². The average molecular weight is 305 g/mol. The van der Waals surface area contributed by atoms with E-state index in [2.05, 4.69) is 17.2 Å². The molecule has 0 saturated carbocycles. The molecular weight excluding hydrogens is 286 g/mol. The van der Waals surface area contributed by atoms with Gasteiger partial charge in [0.05, 0.1) is 5.69 Å². The van der Waals surface area contributed by atoms with Gasteiger partial charge in [-0.1, -0.05) is 13.3 Å². The third kappa shape index (κ3) is 4.75. The topological polar surface area (TPSA) is 77.2 Å². The molecule has 0 spiro atoms. The molecule has 0 unspecified atom stereocenters. The van der Waals surface area contributed by atoms with E-state index in [0.29, 0.717) is 17.4 Å². The van der Waals surface area contributed by atoms with Gasteiger partial charge in [0.2, 0.25) is 0 Å². The number of anilines is 1. The Morgan fingerprint density at radius 1 is 1.38 bits per heavy atom. The maximum absolute atomic E-state index is 11.5. The van der Waals surface area contributed by atoms with Crippen LogP contribution in [0.2, 0.25) is 0 Å². The average Bonchev–Trinajstić information content (AvgIpc) is 2.92. The van der Waals surface area contributed by atoms with Crippen LogP contribution in [0.1, 0.15) is 19.8 Å². The van der Waals surface area contributed by atoms with Crippen LogP contribution in [0.25, 0.3) is 11.3 Å². The predicted octanol–water partition coefficient (Wildman–Crippen LogP) is 2.69. The van der Waals surface area contributed by atoms with Crippen molar-refractivity contribution < 1.29 is 9.53 Å². The molecule has 3 N–H and O–H groups in total. The number of rotatable bonds is 7. The second-order valence-corrected chi connectivity index (χ2v) is 5.48. The summed E-state index contributed by atoms with van der Waals surface area (Å²) in [6, 6.07) is 7.45. The molecule has 0 aliphatic carbocycles. The summed E-state index contributed by atoms with van der Waals surface area (Å²) in [6.45, 7) is 2.82. The zero-order valence-corrected chi connectivity index (χ0v) is 12.8. The zero-order valence-electron chi connectivity index (χ0n) is 12.0. The number of nitrogens with one attached hydrogen (secondary N) is 1. The number of hydrogen-bond donors (Lipinski definition) is 2. The minimum Gasteiger partial charge on any atom is -0.484 e. The molecule has 1 heterocycles. The van der Waals surface area contributed by atoms with E-state index in [0.717, 1.165) is 24.1 Å². The molecule has 5 nitrogen and oxygen atoms in total. The van der Waals surface area contributed by atoms with Crippen LogP contribution in [0, 0.1) is 0 Å². The molecule has 6 heteroatoms. The maximum Gasteiger partial charge on any atom is 0.257 e. The lowest BCUT2D eigenvalue weighted by Gasteiger charge is -2.07. The summed E-state index contributed by atoms with van der Waals surface area (Å²) in [6.07, 6.45) is 2.04. The number of amides is 1. The van der Waals surface area contributed by atoms with Crippen molar-refractivity contribution in [1.82, 2.24) is 10.3 Å². The molecule has 0 radical (unpaired) electrons. The Morgan fingerprint density at radius 3 is 2.76 bits per heavy atom. The first kappa shape index (κ1) is 15.3.